The van der Waals surface area contributed by atoms with Crippen LogP contribution in [0.1, 0.15) is 5.56 Å². The zero-order valence-corrected chi connectivity index (χ0v) is 8.82. The van der Waals surface area contributed by atoms with Crippen LogP contribution in [-0.4, -0.2) is 5.11 Å². The molecule has 0 unspecified atom stereocenters. The Morgan fingerprint density at radius 1 is 1.38 bits per heavy atom. The molecule has 0 aliphatic rings. The second-order valence-electron chi connectivity index (χ2n) is 2.57. The Kier molecular flexibility index (Phi) is 1.98. The number of nitriles is 1. The van der Waals surface area contributed by atoms with Gasteiger partial charge in [0.15, 0.2) is 5.06 Å². The molecule has 0 radical (unpaired) electrons. The van der Waals surface area contributed by atoms with Crippen molar-refractivity contribution in [2.45, 2.75) is 0 Å². The third-order valence-corrected chi connectivity index (χ3v) is 3.24. The van der Waals surface area contributed by atoms with Crippen LogP contribution >= 0.6 is 27.3 Å². The first-order valence-corrected chi connectivity index (χ1v) is 5.14. The molecule has 1 aromatic heterocycles. The van der Waals surface area contributed by atoms with Crippen molar-refractivity contribution >= 4 is 37.4 Å². The first-order valence-electron chi connectivity index (χ1n) is 3.53. The molecule has 0 saturated heterocycles. The second kappa shape index (κ2) is 3.02. The summed E-state index contributed by atoms with van der Waals surface area (Å²) in [4.78, 5) is 0. The van der Waals surface area contributed by atoms with Crippen molar-refractivity contribution in [3.63, 3.8) is 0 Å². The average Bonchev–Trinajstić information content (AvgIpc) is 2.46. The van der Waals surface area contributed by atoms with Crippen molar-refractivity contribution in [1.29, 1.82) is 5.26 Å². The summed E-state index contributed by atoms with van der Waals surface area (Å²) >= 11 is 4.62. The zero-order chi connectivity index (χ0) is 9.42. The Balaban J connectivity index is 2.85. The van der Waals surface area contributed by atoms with Crippen molar-refractivity contribution < 1.29 is 5.11 Å². The van der Waals surface area contributed by atoms with E-state index in [4.69, 9.17) is 5.26 Å². The second-order valence-corrected chi connectivity index (χ2v) is 4.48. The Labute approximate surface area is 87.2 Å². The molecule has 2 nitrogen and oxygen atoms in total. The van der Waals surface area contributed by atoms with Gasteiger partial charge in [-0.15, -0.1) is 0 Å². The van der Waals surface area contributed by atoms with Crippen LogP contribution in [0.15, 0.2) is 22.7 Å². The zero-order valence-electron chi connectivity index (χ0n) is 6.41. The Morgan fingerprint density at radius 2 is 2.15 bits per heavy atom. The lowest BCUT2D eigenvalue weighted by Gasteiger charge is -1.93. The molecular weight excluding hydrogens is 250 g/mol. The lowest BCUT2D eigenvalue weighted by molar-refractivity contribution is 0.491. The van der Waals surface area contributed by atoms with Gasteiger partial charge in [0, 0.05) is 20.6 Å². The topological polar surface area (TPSA) is 44.0 Å². The van der Waals surface area contributed by atoms with Gasteiger partial charge in [-0.05, 0) is 12.1 Å². The summed E-state index contributed by atoms with van der Waals surface area (Å²) in [5, 5.41) is 19.2. The van der Waals surface area contributed by atoms with Crippen LogP contribution in [0.25, 0.3) is 10.1 Å². The minimum Gasteiger partial charge on any atom is -0.499 e. The summed E-state index contributed by atoms with van der Waals surface area (Å²) < 4.78 is 1.77. The van der Waals surface area contributed by atoms with Crippen molar-refractivity contribution in [2.75, 3.05) is 0 Å². The van der Waals surface area contributed by atoms with Crippen molar-refractivity contribution in [3.8, 4) is 11.1 Å². The molecular formula is C9H4BrNOS. The number of rotatable bonds is 0. The molecule has 0 amide bonds. The fourth-order valence-electron chi connectivity index (χ4n) is 1.15. The molecule has 2 aromatic rings. The van der Waals surface area contributed by atoms with E-state index in [0.29, 0.717) is 5.56 Å². The molecule has 0 bridgehead atoms. The van der Waals surface area contributed by atoms with E-state index in [2.05, 4.69) is 22.0 Å². The third-order valence-electron chi connectivity index (χ3n) is 1.70. The maximum atomic E-state index is 9.26. The number of hydrogen-bond acceptors (Lipinski definition) is 3. The maximum absolute atomic E-state index is 9.26. The van der Waals surface area contributed by atoms with Crippen LogP contribution in [0, 0.1) is 11.3 Å². The van der Waals surface area contributed by atoms with Crippen LogP contribution < -0.4 is 0 Å². The molecule has 13 heavy (non-hydrogen) atoms. The van der Waals surface area contributed by atoms with Crippen LogP contribution in [0.3, 0.4) is 0 Å². The lowest BCUT2D eigenvalue weighted by atomic mass is 10.2. The van der Waals surface area contributed by atoms with Crippen molar-refractivity contribution in [3.05, 3.63) is 28.2 Å². The van der Waals surface area contributed by atoms with Crippen LogP contribution in [0.5, 0.6) is 5.06 Å². The molecule has 1 heterocycles. The number of benzene rings is 1. The summed E-state index contributed by atoms with van der Waals surface area (Å²) in [5.41, 5.74) is 0.598. The van der Waals surface area contributed by atoms with Crippen molar-refractivity contribution in [1.82, 2.24) is 0 Å². The highest BCUT2D eigenvalue weighted by Gasteiger charge is 2.05. The van der Waals surface area contributed by atoms with Gasteiger partial charge in [-0.3, -0.25) is 0 Å². The van der Waals surface area contributed by atoms with E-state index < -0.39 is 0 Å². The normalized spacial score (nSPS) is 10.2. The predicted molar refractivity (Wildman–Crippen MR) is 55.9 cm³/mol. The molecule has 0 spiro atoms. The van der Waals surface area contributed by atoms with Gasteiger partial charge in [0.25, 0.3) is 0 Å². The first kappa shape index (κ1) is 8.54. The molecule has 0 fully saturated rings. The number of fused-ring (bicyclic) bond motifs is 1. The number of halogens is 1. The van der Waals surface area contributed by atoms with E-state index in [1.807, 2.05) is 0 Å². The minimum atomic E-state index is 0.269. The molecule has 0 aliphatic carbocycles. The van der Waals surface area contributed by atoms with E-state index in [1.54, 1.807) is 18.2 Å². The van der Waals surface area contributed by atoms with Gasteiger partial charge in [-0.2, -0.15) is 5.26 Å². The van der Waals surface area contributed by atoms with Crippen molar-refractivity contribution in [2.24, 2.45) is 0 Å². The molecule has 4 heteroatoms. The maximum Gasteiger partial charge on any atom is 0.172 e. The molecule has 0 saturated carbocycles. The summed E-state index contributed by atoms with van der Waals surface area (Å²) in [5.74, 6) is 0. The quantitative estimate of drug-likeness (QED) is 0.784. The monoisotopic (exact) mass is 253 g/mol. The van der Waals surface area contributed by atoms with E-state index in [-0.39, 0.29) is 5.06 Å². The summed E-state index contributed by atoms with van der Waals surface area (Å²) in [6.07, 6.45) is 0. The van der Waals surface area contributed by atoms with Gasteiger partial charge >= 0.3 is 0 Å². The highest BCUT2D eigenvalue weighted by atomic mass is 79.9. The first-order chi connectivity index (χ1) is 6.20. The molecule has 1 N–H and O–H groups in total. The molecule has 2 rings (SSSR count). The Morgan fingerprint density at radius 3 is 2.85 bits per heavy atom. The summed E-state index contributed by atoms with van der Waals surface area (Å²) in [7, 11) is 0. The van der Waals surface area contributed by atoms with Gasteiger partial charge in [0.05, 0.1) is 11.6 Å². The summed E-state index contributed by atoms with van der Waals surface area (Å²) in [6, 6.07) is 7.26. The SMILES string of the molecule is N#Cc1cc(Br)c2cc(O)sc2c1. The van der Waals surface area contributed by atoms with Crippen LogP contribution in [-0.2, 0) is 0 Å². The number of aromatic hydroxyl groups is 1. The van der Waals surface area contributed by atoms with Gasteiger partial charge in [-0.1, -0.05) is 27.3 Å². The Hall–Kier alpha value is -1.05. The predicted octanol–water partition coefficient (Wildman–Crippen LogP) is 3.24. The van der Waals surface area contributed by atoms with Gasteiger partial charge < -0.3 is 5.11 Å². The van der Waals surface area contributed by atoms with E-state index in [9.17, 15) is 5.11 Å². The summed E-state index contributed by atoms with van der Waals surface area (Å²) in [6.45, 7) is 0. The smallest absolute Gasteiger partial charge is 0.172 e. The molecule has 0 atom stereocenters. The van der Waals surface area contributed by atoms with E-state index in [0.717, 1.165) is 14.6 Å². The van der Waals surface area contributed by atoms with E-state index >= 15 is 0 Å². The van der Waals surface area contributed by atoms with E-state index in [1.165, 1.54) is 11.3 Å². The number of thiophene rings is 1. The highest BCUT2D eigenvalue weighted by molar-refractivity contribution is 9.10. The number of nitrogens with zero attached hydrogens (tertiary/aromatic N) is 1. The third kappa shape index (κ3) is 1.41. The van der Waals surface area contributed by atoms with Gasteiger partial charge in [-0.25, -0.2) is 0 Å². The number of hydrogen-bond donors (Lipinski definition) is 1. The van der Waals surface area contributed by atoms with Crippen LogP contribution in [0.4, 0.5) is 0 Å². The largest absolute Gasteiger partial charge is 0.499 e. The highest BCUT2D eigenvalue weighted by Crippen LogP contribution is 2.35. The van der Waals surface area contributed by atoms with Crippen LogP contribution in [0.2, 0.25) is 0 Å². The molecule has 0 aliphatic heterocycles. The molecule has 1 aromatic carbocycles. The molecule has 64 valence electrons. The minimum absolute atomic E-state index is 0.269. The average molecular weight is 254 g/mol. The Bertz CT molecular complexity index is 512. The fourth-order valence-corrected chi connectivity index (χ4v) is 2.72. The fraction of sp³-hybridized carbons (Fsp3) is 0. The van der Waals surface area contributed by atoms with Gasteiger partial charge in [0.1, 0.15) is 0 Å². The lowest BCUT2D eigenvalue weighted by Crippen LogP contribution is -1.73. The van der Waals surface area contributed by atoms with Gasteiger partial charge in [0.2, 0.25) is 0 Å². The standard InChI is InChI=1S/C9H4BrNOS/c10-7-1-5(4-11)2-8-6(7)3-9(12)13-8/h1-3,12H.